The third-order valence-electron chi connectivity index (χ3n) is 5.62. The highest BCUT2D eigenvalue weighted by atomic mass is 16.2. The summed E-state index contributed by atoms with van der Waals surface area (Å²) >= 11 is 0. The van der Waals surface area contributed by atoms with Gasteiger partial charge in [-0.1, -0.05) is 18.2 Å². The molecule has 0 spiro atoms. The Morgan fingerprint density at radius 1 is 1.11 bits per heavy atom. The number of carbonyl (C=O) groups excluding carboxylic acids is 2. The summed E-state index contributed by atoms with van der Waals surface area (Å²) in [5.41, 5.74) is 0.451. The summed E-state index contributed by atoms with van der Waals surface area (Å²) in [6.45, 7) is 6.59. The SMILES string of the molecule is CCN(CC)C(=O)C1CCN(C(=O)Cc2nn(C)c(=O)c3ccccc23)CC1. The topological polar surface area (TPSA) is 75.5 Å². The van der Waals surface area contributed by atoms with E-state index in [1.807, 2.05) is 41.8 Å². The van der Waals surface area contributed by atoms with Crippen LogP contribution in [0.1, 0.15) is 32.4 Å². The van der Waals surface area contributed by atoms with Crippen LogP contribution in [0.4, 0.5) is 0 Å². The van der Waals surface area contributed by atoms with Crippen LogP contribution in [0, 0.1) is 5.92 Å². The lowest BCUT2D eigenvalue weighted by molar-refractivity contribution is -0.140. The predicted molar refractivity (Wildman–Crippen MR) is 108 cm³/mol. The maximum atomic E-state index is 12.8. The summed E-state index contributed by atoms with van der Waals surface area (Å²) in [6.07, 6.45) is 1.55. The summed E-state index contributed by atoms with van der Waals surface area (Å²) in [5, 5.41) is 5.62. The van der Waals surface area contributed by atoms with E-state index in [0.29, 0.717) is 37.0 Å². The summed E-state index contributed by atoms with van der Waals surface area (Å²) in [5.74, 6) is 0.188. The first kappa shape index (κ1) is 20.0. The summed E-state index contributed by atoms with van der Waals surface area (Å²) in [6, 6.07) is 7.26. The van der Waals surface area contributed by atoms with Crippen molar-refractivity contribution in [1.82, 2.24) is 19.6 Å². The highest BCUT2D eigenvalue weighted by Crippen LogP contribution is 2.21. The molecule has 1 aliphatic rings. The average molecular weight is 384 g/mol. The zero-order chi connectivity index (χ0) is 20.3. The van der Waals surface area contributed by atoms with Gasteiger partial charge in [0.15, 0.2) is 0 Å². The lowest BCUT2D eigenvalue weighted by atomic mass is 9.95. The Labute approximate surface area is 164 Å². The molecule has 28 heavy (non-hydrogen) atoms. The van der Waals surface area contributed by atoms with Gasteiger partial charge in [-0.25, -0.2) is 4.68 Å². The van der Waals surface area contributed by atoms with Gasteiger partial charge < -0.3 is 9.80 Å². The van der Waals surface area contributed by atoms with E-state index in [1.54, 1.807) is 13.1 Å². The molecule has 0 atom stereocenters. The Balaban J connectivity index is 1.69. The van der Waals surface area contributed by atoms with Gasteiger partial charge in [-0.3, -0.25) is 14.4 Å². The Hall–Kier alpha value is -2.70. The molecule has 0 unspecified atom stereocenters. The zero-order valence-corrected chi connectivity index (χ0v) is 16.9. The van der Waals surface area contributed by atoms with E-state index in [4.69, 9.17) is 0 Å². The van der Waals surface area contributed by atoms with Crippen molar-refractivity contribution in [2.75, 3.05) is 26.2 Å². The van der Waals surface area contributed by atoms with Crippen LogP contribution >= 0.6 is 0 Å². The molecule has 150 valence electrons. The number of piperidine rings is 1. The number of amides is 2. The van der Waals surface area contributed by atoms with Gasteiger partial charge >= 0.3 is 0 Å². The number of aryl methyl sites for hydroxylation is 1. The third kappa shape index (κ3) is 3.93. The molecule has 2 heterocycles. The smallest absolute Gasteiger partial charge is 0.274 e. The molecular weight excluding hydrogens is 356 g/mol. The van der Waals surface area contributed by atoms with E-state index in [1.165, 1.54) is 4.68 Å². The van der Waals surface area contributed by atoms with Crippen molar-refractivity contribution in [1.29, 1.82) is 0 Å². The number of hydrogen-bond donors (Lipinski definition) is 0. The Bertz CT molecular complexity index is 925. The van der Waals surface area contributed by atoms with Gasteiger partial charge in [-0.05, 0) is 32.8 Å². The summed E-state index contributed by atoms with van der Waals surface area (Å²) in [7, 11) is 1.60. The van der Waals surface area contributed by atoms with E-state index < -0.39 is 0 Å². The second-order valence-corrected chi connectivity index (χ2v) is 7.26. The minimum Gasteiger partial charge on any atom is -0.343 e. The molecule has 0 aliphatic carbocycles. The Morgan fingerprint density at radius 2 is 1.71 bits per heavy atom. The minimum atomic E-state index is -0.164. The second kappa shape index (κ2) is 8.54. The van der Waals surface area contributed by atoms with Crippen LogP contribution in [0.3, 0.4) is 0 Å². The fourth-order valence-electron chi connectivity index (χ4n) is 3.93. The van der Waals surface area contributed by atoms with Gasteiger partial charge in [0, 0.05) is 44.5 Å². The first-order valence-corrected chi connectivity index (χ1v) is 9.97. The van der Waals surface area contributed by atoms with Crippen molar-refractivity contribution in [3.8, 4) is 0 Å². The van der Waals surface area contributed by atoms with Crippen molar-refractivity contribution in [3.05, 3.63) is 40.3 Å². The molecule has 7 nitrogen and oxygen atoms in total. The molecule has 0 radical (unpaired) electrons. The van der Waals surface area contributed by atoms with Crippen LogP contribution in [-0.2, 0) is 23.1 Å². The van der Waals surface area contributed by atoms with E-state index >= 15 is 0 Å². The molecule has 1 aromatic heterocycles. The number of rotatable bonds is 5. The Kier molecular flexibility index (Phi) is 6.11. The highest BCUT2D eigenvalue weighted by Gasteiger charge is 2.29. The number of benzene rings is 1. The predicted octanol–water partition coefficient (Wildman–Crippen LogP) is 1.58. The number of nitrogens with zero attached hydrogens (tertiary/aromatic N) is 4. The third-order valence-corrected chi connectivity index (χ3v) is 5.62. The largest absolute Gasteiger partial charge is 0.343 e. The van der Waals surface area contributed by atoms with Gasteiger partial charge in [0.05, 0.1) is 17.5 Å². The van der Waals surface area contributed by atoms with E-state index in [2.05, 4.69) is 5.10 Å². The average Bonchev–Trinajstić information content (AvgIpc) is 2.72. The molecule has 3 rings (SSSR count). The van der Waals surface area contributed by atoms with Gasteiger partial charge in [0.1, 0.15) is 0 Å². The number of carbonyl (C=O) groups is 2. The van der Waals surface area contributed by atoms with Crippen LogP contribution in [0.2, 0.25) is 0 Å². The van der Waals surface area contributed by atoms with Gasteiger partial charge in [0.2, 0.25) is 11.8 Å². The molecule has 1 saturated heterocycles. The monoisotopic (exact) mass is 384 g/mol. The van der Waals surface area contributed by atoms with Crippen LogP contribution in [0.15, 0.2) is 29.1 Å². The van der Waals surface area contributed by atoms with Crippen molar-refractivity contribution >= 4 is 22.6 Å². The first-order chi connectivity index (χ1) is 13.5. The van der Waals surface area contributed by atoms with Crippen LogP contribution < -0.4 is 5.56 Å². The van der Waals surface area contributed by atoms with Gasteiger partial charge in [-0.2, -0.15) is 5.10 Å². The fraction of sp³-hybridized carbons (Fsp3) is 0.524. The number of fused-ring (bicyclic) bond motifs is 1. The second-order valence-electron chi connectivity index (χ2n) is 7.26. The van der Waals surface area contributed by atoms with Gasteiger partial charge in [-0.15, -0.1) is 0 Å². The maximum Gasteiger partial charge on any atom is 0.274 e. The zero-order valence-electron chi connectivity index (χ0n) is 16.9. The lowest BCUT2D eigenvalue weighted by Crippen LogP contribution is -2.45. The molecular formula is C21H28N4O3. The first-order valence-electron chi connectivity index (χ1n) is 9.97. The van der Waals surface area contributed by atoms with Gasteiger partial charge in [0.25, 0.3) is 5.56 Å². The summed E-state index contributed by atoms with van der Waals surface area (Å²) < 4.78 is 1.29. The standard InChI is InChI=1S/C21H28N4O3/c1-4-24(5-2)20(27)15-10-12-25(13-11-15)19(26)14-18-16-8-6-7-9-17(16)21(28)23(3)22-18/h6-9,15H,4-5,10-14H2,1-3H3. The molecule has 2 amide bonds. The molecule has 0 N–H and O–H groups in total. The molecule has 1 aromatic carbocycles. The minimum absolute atomic E-state index is 0.000418. The molecule has 1 aliphatic heterocycles. The summed E-state index contributed by atoms with van der Waals surface area (Å²) in [4.78, 5) is 41.3. The highest BCUT2D eigenvalue weighted by molar-refractivity contribution is 5.88. The number of aromatic nitrogens is 2. The van der Waals surface area contributed by atoms with Crippen molar-refractivity contribution in [2.45, 2.75) is 33.1 Å². The van der Waals surface area contributed by atoms with E-state index in [-0.39, 0.29) is 29.7 Å². The fourth-order valence-corrected chi connectivity index (χ4v) is 3.93. The normalized spacial score (nSPS) is 15.0. The quantitative estimate of drug-likeness (QED) is 0.784. The van der Waals surface area contributed by atoms with Crippen LogP contribution in [0.5, 0.6) is 0 Å². The maximum absolute atomic E-state index is 12.8. The molecule has 1 fully saturated rings. The van der Waals surface area contributed by atoms with Crippen molar-refractivity contribution in [2.24, 2.45) is 13.0 Å². The van der Waals surface area contributed by atoms with Crippen molar-refractivity contribution < 1.29 is 9.59 Å². The molecule has 2 aromatic rings. The number of likely N-dealkylation sites (tertiary alicyclic amines) is 1. The van der Waals surface area contributed by atoms with Crippen molar-refractivity contribution in [3.63, 3.8) is 0 Å². The van der Waals surface area contributed by atoms with E-state index in [0.717, 1.165) is 18.5 Å². The number of hydrogen-bond acceptors (Lipinski definition) is 4. The lowest BCUT2D eigenvalue weighted by Gasteiger charge is -2.33. The molecule has 7 heteroatoms. The van der Waals surface area contributed by atoms with E-state index in [9.17, 15) is 14.4 Å². The molecule has 0 saturated carbocycles. The molecule has 0 bridgehead atoms. The van der Waals surface area contributed by atoms with Crippen LogP contribution in [-0.4, -0.2) is 57.6 Å². The Morgan fingerprint density at radius 3 is 2.32 bits per heavy atom. The van der Waals surface area contributed by atoms with Crippen LogP contribution in [0.25, 0.3) is 10.8 Å².